The van der Waals surface area contributed by atoms with E-state index in [2.05, 4.69) is 0 Å². The fourth-order valence-electron chi connectivity index (χ4n) is 2.71. The number of benzene rings is 1. The average molecular weight is 298 g/mol. The number of halogens is 1. The lowest BCUT2D eigenvalue weighted by molar-refractivity contribution is -0.162. The van der Waals surface area contributed by atoms with Crippen molar-refractivity contribution in [3.05, 3.63) is 34.9 Å². The molecule has 5 heteroatoms. The van der Waals surface area contributed by atoms with Gasteiger partial charge >= 0.3 is 5.97 Å². The molecule has 0 aromatic heterocycles. The van der Waals surface area contributed by atoms with Crippen molar-refractivity contribution in [1.82, 2.24) is 4.90 Å². The van der Waals surface area contributed by atoms with Crippen molar-refractivity contribution in [2.45, 2.75) is 45.7 Å². The van der Waals surface area contributed by atoms with Gasteiger partial charge in [-0.15, -0.1) is 0 Å². The molecule has 0 saturated carbocycles. The van der Waals surface area contributed by atoms with E-state index in [1.54, 1.807) is 45.0 Å². The summed E-state index contributed by atoms with van der Waals surface area (Å²) in [7, 11) is 0. The molecule has 1 rings (SSSR count). The summed E-state index contributed by atoms with van der Waals surface area (Å²) in [6.07, 6.45) is 0.264. The Kier molecular flexibility index (Phi) is 5.17. The number of carbonyl (C=O) groups is 2. The molecule has 20 heavy (non-hydrogen) atoms. The smallest absolute Gasteiger partial charge is 0.334 e. The third-order valence-electron chi connectivity index (χ3n) is 3.43. The highest BCUT2D eigenvalue weighted by Gasteiger charge is 2.47. The van der Waals surface area contributed by atoms with Crippen LogP contribution in [0.25, 0.3) is 0 Å². The molecule has 0 heterocycles. The number of nitrogens with zero attached hydrogens (tertiary/aromatic N) is 1. The first-order valence-electron chi connectivity index (χ1n) is 6.56. The molecule has 1 unspecified atom stereocenters. The van der Waals surface area contributed by atoms with Crippen LogP contribution in [0.3, 0.4) is 0 Å². The highest BCUT2D eigenvalue weighted by molar-refractivity contribution is 6.30. The Bertz CT molecular complexity index is 516. The van der Waals surface area contributed by atoms with E-state index in [1.165, 1.54) is 11.8 Å². The lowest BCUT2D eigenvalue weighted by Gasteiger charge is -2.42. The molecule has 1 amide bonds. The normalized spacial score (nSPS) is 13.9. The standard InChI is InChI=1S/C15H20ClNO3/c1-5-15(14(19)20,17(10(2)3)11(4)18)12-7-6-8-13(16)9-12/h6-10H,5H2,1-4H3,(H,19,20). The summed E-state index contributed by atoms with van der Waals surface area (Å²) >= 11 is 5.98. The molecule has 0 bridgehead atoms. The first kappa shape index (κ1) is 16.5. The van der Waals surface area contributed by atoms with E-state index < -0.39 is 11.5 Å². The van der Waals surface area contributed by atoms with Crippen LogP contribution in [0.5, 0.6) is 0 Å². The van der Waals surface area contributed by atoms with E-state index in [4.69, 9.17) is 11.6 Å². The van der Waals surface area contributed by atoms with Gasteiger partial charge in [-0.1, -0.05) is 30.7 Å². The zero-order valence-corrected chi connectivity index (χ0v) is 12.9. The van der Waals surface area contributed by atoms with Crippen LogP contribution in [-0.4, -0.2) is 27.9 Å². The van der Waals surface area contributed by atoms with Crippen molar-refractivity contribution >= 4 is 23.5 Å². The van der Waals surface area contributed by atoms with Crippen LogP contribution in [0.2, 0.25) is 5.02 Å². The molecule has 1 aromatic carbocycles. The van der Waals surface area contributed by atoms with E-state index in [9.17, 15) is 14.7 Å². The lowest BCUT2D eigenvalue weighted by atomic mass is 9.84. The third-order valence-corrected chi connectivity index (χ3v) is 3.67. The molecule has 0 spiro atoms. The van der Waals surface area contributed by atoms with Crippen molar-refractivity contribution < 1.29 is 14.7 Å². The lowest BCUT2D eigenvalue weighted by Crippen LogP contribution is -2.56. The van der Waals surface area contributed by atoms with Crippen LogP contribution in [0.15, 0.2) is 24.3 Å². The zero-order chi connectivity index (χ0) is 15.5. The second-order valence-electron chi connectivity index (χ2n) is 5.01. The fourth-order valence-corrected chi connectivity index (χ4v) is 2.90. The molecule has 4 nitrogen and oxygen atoms in total. The summed E-state index contributed by atoms with van der Waals surface area (Å²) in [4.78, 5) is 25.4. The van der Waals surface area contributed by atoms with Gasteiger partial charge in [0, 0.05) is 18.0 Å². The number of hydrogen-bond acceptors (Lipinski definition) is 2. The van der Waals surface area contributed by atoms with Gasteiger partial charge in [-0.05, 0) is 38.0 Å². The van der Waals surface area contributed by atoms with Crippen molar-refractivity contribution in [2.24, 2.45) is 0 Å². The Morgan fingerprint density at radius 2 is 2.00 bits per heavy atom. The molecule has 110 valence electrons. The van der Waals surface area contributed by atoms with Gasteiger partial charge in [0.15, 0.2) is 5.54 Å². The summed E-state index contributed by atoms with van der Waals surface area (Å²) in [5.74, 6) is -1.32. The summed E-state index contributed by atoms with van der Waals surface area (Å²) in [5.41, 5.74) is -0.880. The minimum Gasteiger partial charge on any atom is -0.479 e. The average Bonchev–Trinajstić information content (AvgIpc) is 2.34. The largest absolute Gasteiger partial charge is 0.479 e. The van der Waals surface area contributed by atoms with Crippen LogP contribution in [0.1, 0.15) is 39.7 Å². The molecule has 0 aliphatic heterocycles. The predicted molar refractivity (Wildman–Crippen MR) is 78.7 cm³/mol. The second-order valence-corrected chi connectivity index (χ2v) is 5.45. The summed E-state index contributed by atoms with van der Waals surface area (Å²) in [6, 6.07) is 6.45. The number of hydrogen-bond donors (Lipinski definition) is 1. The van der Waals surface area contributed by atoms with Crippen molar-refractivity contribution in [3.63, 3.8) is 0 Å². The summed E-state index contributed by atoms with van der Waals surface area (Å²) < 4.78 is 0. The van der Waals surface area contributed by atoms with Crippen molar-refractivity contribution in [1.29, 1.82) is 0 Å². The zero-order valence-electron chi connectivity index (χ0n) is 12.2. The molecule has 1 atom stereocenters. The Labute approximate surface area is 124 Å². The van der Waals surface area contributed by atoms with Crippen LogP contribution < -0.4 is 0 Å². The van der Waals surface area contributed by atoms with Gasteiger partial charge in [0.25, 0.3) is 0 Å². The SMILES string of the molecule is CCC(C(=O)O)(c1cccc(Cl)c1)N(C(C)=O)C(C)C. The first-order valence-corrected chi connectivity index (χ1v) is 6.94. The van der Waals surface area contributed by atoms with E-state index in [0.717, 1.165) is 0 Å². The van der Waals surface area contributed by atoms with Crippen LogP contribution in [-0.2, 0) is 15.1 Å². The molecule has 0 radical (unpaired) electrons. The summed E-state index contributed by atoms with van der Waals surface area (Å²) in [6.45, 7) is 6.75. The van der Waals surface area contributed by atoms with E-state index >= 15 is 0 Å². The molecular weight excluding hydrogens is 278 g/mol. The van der Waals surface area contributed by atoms with E-state index in [-0.39, 0.29) is 18.4 Å². The molecule has 0 aliphatic rings. The highest BCUT2D eigenvalue weighted by Crippen LogP contribution is 2.35. The van der Waals surface area contributed by atoms with E-state index in [0.29, 0.717) is 10.6 Å². The third kappa shape index (κ3) is 2.80. The highest BCUT2D eigenvalue weighted by atomic mass is 35.5. The number of carboxylic acids is 1. The fraction of sp³-hybridized carbons (Fsp3) is 0.467. The maximum Gasteiger partial charge on any atom is 0.334 e. The first-order chi connectivity index (χ1) is 9.27. The monoisotopic (exact) mass is 297 g/mol. The van der Waals surface area contributed by atoms with Gasteiger partial charge in [-0.3, -0.25) is 4.79 Å². The van der Waals surface area contributed by atoms with Gasteiger partial charge in [0.1, 0.15) is 0 Å². The number of amides is 1. The predicted octanol–water partition coefficient (Wildman–Crippen LogP) is 3.29. The van der Waals surface area contributed by atoms with Crippen molar-refractivity contribution in [3.8, 4) is 0 Å². The maximum absolute atomic E-state index is 12.0. The molecule has 1 aromatic rings. The Hall–Kier alpha value is -1.55. The minimum atomic E-state index is -1.40. The van der Waals surface area contributed by atoms with Crippen LogP contribution >= 0.6 is 11.6 Å². The molecule has 0 fully saturated rings. The molecule has 0 aliphatic carbocycles. The van der Waals surface area contributed by atoms with Gasteiger partial charge in [0.2, 0.25) is 5.91 Å². The van der Waals surface area contributed by atoms with Gasteiger partial charge in [-0.25, -0.2) is 4.79 Å². The van der Waals surface area contributed by atoms with Gasteiger partial charge < -0.3 is 10.0 Å². The van der Waals surface area contributed by atoms with Gasteiger partial charge in [-0.2, -0.15) is 0 Å². The molecular formula is C15H20ClNO3. The Morgan fingerprint density at radius 3 is 2.35 bits per heavy atom. The number of rotatable bonds is 5. The topological polar surface area (TPSA) is 57.6 Å². The Morgan fingerprint density at radius 1 is 1.40 bits per heavy atom. The minimum absolute atomic E-state index is 0.234. The van der Waals surface area contributed by atoms with Gasteiger partial charge in [0.05, 0.1) is 0 Å². The van der Waals surface area contributed by atoms with Crippen LogP contribution in [0.4, 0.5) is 0 Å². The number of aliphatic carboxylic acids is 1. The number of carbonyl (C=O) groups excluding carboxylic acids is 1. The number of carboxylic acid groups (broad SMARTS) is 1. The van der Waals surface area contributed by atoms with Crippen molar-refractivity contribution in [2.75, 3.05) is 0 Å². The Balaban J connectivity index is 3.58. The molecule has 1 N–H and O–H groups in total. The second kappa shape index (κ2) is 6.27. The van der Waals surface area contributed by atoms with Crippen LogP contribution in [0, 0.1) is 0 Å². The summed E-state index contributed by atoms with van der Waals surface area (Å²) in [5, 5.41) is 10.3. The van der Waals surface area contributed by atoms with E-state index in [1.807, 2.05) is 0 Å². The molecule has 0 saturated heterocycles. The maximum atomic E-state index is 12.0. The quantitative estimate of drug-likeness (QED) is 0.907.